The number of nitrogens with one attached hydrogen (secondary N) is 2. The summed E-state index contributed by atoms with van der Waals surface area (Å²) in [5.74, 6) is -0.212. The van der Waals surface area contributed by atoms with Gasteiger partial charge in [0.2, 0.25) is 5.91 Å². The third-order valence-electron chi connectivity index (χ3n) is 3.81. The number of likely N-dealkylation sites (N-methyl/N-ethyl adjacent to an activating group) is 1. The molecule has 3 amide bonds. The Morgan fingerprint density at radius 3 is 2.23 bits per heavy atom. The van der Waals surface area contributed by atoms with Crippen molar-refractivity contribution in [2.24, 2.45) is 0 Å². The average molecular weight is 357 g/mol. The number of hydrogen-bond acceptors (Lipinski definition) is 4. The Balaban J connectivity index is 1.90. The normalized spacial score (nSPS) is 11.5. The minimum atomic E-state index is -0.766. The van der Waals surface area contributed by atoms with E-state index >= 15 is 0 Å². The van der Waals surface area contributed by atoms with Gasteiger partial charge in [-0.05, 0) is 43.7 Å². The second kappa shape index (κ2) is 8.33. The van der Waals surface area contributed by atoms with E-state index in [9.17, 15) is 14.4 Å². The van der Waals surface area contributed by atoms with Crippen LogP contribution in [-0.4, -0.2) is 36.7 Å². The minimum Gasteiger partial charge on any atom is -0.464 e. The SMILES string of the molecule is Cc1ccc([C@@H](C)NC(=O)C(=O)Nc2ccc(CC(=O)N(C)C)cc2)o1. The molecule has 26 heavy (non-hydrogen) atoms. The highest BCUT2D eigenvalue weighted by Crippen LogP contribution is 2.15. The molecule has 7 heteroatoms. The van der Waals surface area contributed by atoms with Gasteiger partial charge in [-0.3, -0.25) is 14.4 Å². The fourth-order valence-corrected chi connectivity index (χ4v) is 2.25. The topological polar surface area (TPSA) is 91.7 Å². The number of carbonyl (C=O) groups excluding carboxylic acids is 3. The molecule has 0 saturated heterocycles. The summed E-state index contributed by atoms with van der Waals surface area (Å²) in [6.45, 7) is 3.54. The Morgan fingerprint density at radius 2 is 1.69 bits per heavy atom. The molecule has 0 aliphatic heterocycles. The number of rotatable bonds is 5. The van der Waals surface area contributed by atoms with Crippen molar-refractivity contribution in [2.75, 3.05) is 19.4 Å². The lowest BCUT2D eigenvalue weighted by atomic mass is 10.1. The highest BCUT2D eigenvalue weighted by Gasteiger charge is 2.19. The van der Waals surface area contributed by atoms with Crippen molar-refractivity contribution in [1.29, 1.82) is 0 Å². The molecule has 1 atom stereocenters. The minimum absolute atomic E-state index is 0.0108. The summed E-state index contributed by atoms with van der Waals surface area (Å²) in [7, 11) is 3.39. The van der Waals surface area contributed by atoms with Gasteiger partial charge >= 0.3 is 11.8 Å². The molecule has 0 spiro atoms. The van der Waals surface area contributed by atoms with Crippen LogP contribution in [-0.2, 0) is 20.8 Å². The summed E-state index contributed by atoms with van der Waals surface area (Å²) >= 11 is 0. The lowest BCUT2D eigenvalue weighted by Crippen LogP contribution is -2.36. The van der Waals surface area contributed by atoms with E-state index in [0.29, 0.717) is 11.4 Å². The molecule has 2 N–H and O–H groups in total. The van der Waals surface area contributed by atoms with Gasteiger partial charge in [-0.15, -0.1) is 0 Å². The van der Waals surface area contributed by atoms with Gasteiger partial charge in [-0.25, -0.2) is 0 Å². The molecule has 2 rings (SSSR count). The first-order chi connectivity index (χ1) is 12.3. The van der Waals surface area contributed by atoms with E-state index in [2.05, 4.69) is 10.6 Å². The van der Waals surface area contributed by atoms with Gasteiger partial charge in [-0.1, -0.05) is 12.1 Å². The monoisotopic (exact) mass is 357 g/mol. The molecule has 0 aliphatic carbocycles. The molecule has 1 aromatic carbocycles. The van der Waals surface area contributed by atoms with Gasteiger partial charge in [0.25, 0.3) is 0 Å². The van der Waals surface area contributed by atoms with Crippen molar-refractivity contribution < 1.29 is 18.8 Å². The second-order valence-corrected chi connectivity index (χ2v) is 6.26. The van der Waals surface area contributed by atoms with Gasteiger partial charge < -0.3 is 20.0 Å². The molecule has 2 aromatic rings. The maximum atomic E-state index is 12.0. The number of benzene rings is 1. The van der Waals surface area contributed by atoms with Crippen molar-refractivity contribution in [3.63, 3.8) is 0 Å². The molecule has 0 unspecified atom stereocenters. The standard InChI is InChI=1S/C19H23N3O4/c1-12-5-10-16(26-12)13(2)20-18(24)19(25)21-15-8-6-14(7-9-15)11-17(23)22(3)4/h5-10,13H,11H2,1-4H3,(H,20,24)(H,21,25)/t13-/m1/s1. The Hall–Kier alpha value is -3.09. The molecule has 1 heterocycles. The zero-order valence-electron chi connectivity index (χ0n) is 15.3. The highest BCUT2D eigenvalue weighted by molar-refractivity contribution is 6.39. The van der Waals surface area contributed by atoms with Crippen LogP contribution >= 0.6 is 0 Å². The first-order valence-corrected chi connectivity index (χ1v) is 8.23. The van der Waals surface area contributed by atoms with Crippen molar-refractivity contribution in [3.05, 3.63) is 53.5 Å². The molecule has 0 saturated carbocycles. The van der Waals surface area contributed by atoms with E-state index in [-0.39, 0.29) is 12.3 Å². The predicted molar refractivity (Wildman–Crippen MR) is 97.5 cm³/mol. The van der Waals surface area contributed by atoms with Gasteiger partial charge in [0.15, 0.2) is 0 Å². The van der Waals surface area contributed by atoms with Crippen LogP contribution < -0.4 is 10.6 Å². The van der Waals surface area contributed by atoms with Crippen LogP contribution in [0.5, 0.6) is 0 Å². The fourth-order valence-electron chi connectivity index (χ4n) is 2.25. The molecule has 0 aliphatic rings. The van der Waals surface area contributed by atoms with Crippen molar-refractivity contribution in [1.82, 2.24) is 10.2 Å². The number of furan rings is 1. The molecular weight excluding hydrogens is 334 g/mol. The summed E-state index contributed by atoms with van der Waals surface area (Å²) < 4.78 is 5.43. The summed E-state index contributed by atoms with van der Waals surface area (Å²) in [5.41, 5.74) is 1.31. The average Bonchev–Trinajstić information content (AvgIpc) is 3.03. The molecule has 0 fully saturated rings. The Bertz CT molecular complexity index is 793. The fraction of sp³-hybridized carbons (Fsp3) is 0.316. The van der Waals surface area contributed by atoms with E-state index in [1.807, 2.05) is 0 Å². The number of aryl methyl sites for hydroxylation is 1. The van der Waals surface area contributed by atoms with Crippen LogP contribution in [0.15, 0.2) is 40.8 Å². The lowest BCUT2D eigenvalue weighted by molar-refractivity contribution is -0.136. The quantitative estimate of drug-likeness (QED) is 0.801. The molecule has 1 aromatic heterocycles. The summed E-state index contributed by atoms with van der Waals surface area (Å²) in [6.07, 6.45) is 0.280. The zero-order valence-corrected chi connectivity index (χ0v) is 15.3. The molecule has 0 radical (unpaired) electrons. The van der Waals surface area contributed by atoms with Gasteiger partial charge in [0, 0.05) is 19.8 Å². The molecular formula is C19H23N3O4. The number of anilines is 1. The van der Waals surface area contributed by atoms with E-state index in [4.69, 9.17) is 4.42 Å². The van der Waals surface area contributed by atoms with Gasteiger partial charge in [0.05, 0.1) is 12.5 Å². The Morgan fingerprint density at radius 1 is 1.04 bits per heavy atom. The maximum Gasteiger partial charge on any atom is 0.313 e. The lowest BCUT2D eigenvalue weighted by Gasteiger charge is -2.12. The summed E-state index contributed by atoms with van der Waals surface area (Å²) in [4.78, 5) is 37.2. The molecule has 0 bridgehead atoms. The van der Waals surface area contributed by atoms with E-state index in [0.717, 1.165) is 11.3 Å². The zero-order chi connectivity index (χ0) is 19.3. The second-order valence-electron chi connectivity index (χ2n) is 6.26. The van der Waals surface area contributed by atoms with Crippen LogP contribution in [0.2, 0.25) is 0 Å². The van der Waals surface area contributed by atoms with Crippen molar-refractivity contribution >= 4 is 23.4 Å². The smallest absolute Gasteiger partial charge is 0.313 e. The summed E-state index contributed by atoms with van der Waals surface area (Å²) in [6, 6.07) is 9.92. The van der Waals surface area contributed by atoms with Crippen molar-refractivity contribution in [3.8, 4) is 0 Å². The van der Waals surface area contributed by atoms with Gasteiger partial charge in [0.1, 0.15) is 11.5 Å². The van der Waals surface area contributed by atoms with Crippen molar-refractivity contribution in [2.45, 2.75) is 26.3 Å². The highest BCUT2D eigenvalue weighted by atomic mass is 16.3. The number of hydrogen-bond donors (Lipinski definition) is 2. The number of carbonyl (C=O) groups is 3. The first kappa shape index (κ1) is 19.2. The molecule has 7 nitrogen and oxygen atoms in total. The third-order valence-corrected chi connectivity index (χ3v) is 3.81. The first-order valence-electron chi connectivity index (χ1n) is 8.23. The predicted octanol–water partition coefficient (Wildman–Crippen LogP) is 2.03. The number of amides is 3. The van der Waals surface area contributed by atoms with E-state index < -0.39 is 17.9 Å². The van der Waals surface area contributed by atoms with Gasteiger partial charge in [-0.2, -0.15) is 0 Å². The Labute approximate surface area is 152 Å². The van der Waals surface area contributed by atoms with Crippen LogP contribution in [0.25, 0.3) is 0 Å². The maximum absolute atomic E-state index is 12.0. The van der Waals surface area contributed by atoms with E-state index in [1.54, 1.807) is 64.3 Å². The van der Waals surface area contributed by atoms with Crippen LogP contribution in [0.3, 0.4) is 0 Å². The molecule has 138 valence electrons. The Kier molecular flexibility index (Phi) is 6.16. The summed E-state index contributed by atoms with van der Waals surface area (Å²) in [5, 5.41) is 5.11. The third kappa shape index (κ3) is 5.20. The van der Waals surface area contributed by atoms with Crippen LogP contribution in [0, 0.1) is 6.92 Å². The largest absolute Gasteiger partial charge is 0.464 e. The van der Waals surface area contributed by atoms with Crippen LogP contribution in [0.1, 0.15) is 30.0 Å². The van der Waals surface area contributed by atoms with E-state index in [1.165, 1.54) is 4.90 Å². The number of nitrogens with zero attached hydrogens (tertiary/aromatic N) is 1. The van der Waals surface area contributed by atoms with Crippen LogP contribution in [0.4, 0.5) is 5.69 Å².